The predicted molar refractivity (Wildman–Crippen MR) is 149 cm³/mol. The summed E-state index contributed by atoms with van der Waals surface area (Å²) < 4.78 is 26.4. The predicted octanol–water partition coefficient (Wildman–Crippen LogP) is 4.98. The molecule has 1 unspecified atom stereocenters. The molecular weight excluding hydrogens is 510 g/mol. The second kappa shape index (κ2) is 12.8. The van der Waals surface area contributed by atoms with Crippen molar-refractivity contribution in [1.29, 1.82) is 0 Å². The number of halogens is 1. The van der Waals surface area contributed by atoms with Gasteiger partial charge < -0.3 is 10.2 Å². The lowest BCUT2D eigenvalue weighted by molar-refractivity contribution is -0.141. The van der Waals surface area contributed by atoms with Gasteiger partial charge >= 0.3 is 0 Å². The van der Waals surface area contributed by atoms with E-state index in [1.807, 2.05) is 38.1 Å². The Balaban J connectivity index is 1.73. The first-order chi connectivity index (χ1) is 17.5. The Morgan fingerprint density at radius 1 is 1.08 bits per heavy atom. The molecule has 2 aromatic carbocycles. The molecule has 3 rings (SSSR count). The maximum absolute atomic E-state index is 13.4. The second-order valence-electron chi connectivity index (χ2n) is 10.0. The van der Waals surface area contributed by atoms with Crippen LogP contribution in [0.2, 0.25) is 5.02 Å². The van der Waals surface area contributed by atoms with Crippen molar-refractivity contribution in [2.24, 2.45) is 0 Å². The van der Waals surface area contributed by atoms with Crippen molar-refractivity contribution in [3.8, 4) is 0 Å². The van der Waals surface area contributed by atoms with Crippen molar-refractivity contribution in [2.45, 2.75) is 77.9 Å². The molecule has 0 bridgehead atoms. The quantitative estimate of drug-likeness (QED) is 0.430. The summed E-state index contributed by atoms with van der Waals surface area (Å²) >= 11 is 6.13. The van der Waals surface area contributed by atoms with Crippen molar-refractivity contribution in [1.82, 2.24) is 10.2 Å². The molecule has 2 aromatic rings. The van der Waals surface area contributed by atoms with E-state index in [1.165, 1.54) is 4.31 Å². The first-order valence-electron chi connectivity index (χ1n) is 12.8. The summed E-state index contributed by atoms with van der Waals surface area (Å²) in [4.78, 5) is 28.1. The molecule has 0 aromatic heterocycles. The fourth-order valence-corrected chi connectivity index (χ4v) is 5.88. The van der Waals surface area contributed by atoms with Gasteiger partial charge in [-0.1, -0.05) is 60.3 Å². The summed E-state index contributed by atoms with van der Waals surface area (Å²) in [5.74, 6) is -0.342. The van der Waals surface area contributed by atoms with Crippen LogP contribution in [0.15, 0.2) is 42.5 Å². The summed E-state index contributed by atoms with van der Waals surface area (Å²) in [6.07, 6.45) is 5.71. The first-order valence-corrected chi connectivity index (χ1v) is 15.1. The first kappa shape index (κ1) is 29.0. The Kier molecular flexibility index (Phi) is 10.0. The van der Waals surface area contributed by atoms with Crippen molar-refractivity contribution in [3.63, 3.8) is 0 Å². The minimum atomic E-state index is -3.59. The fraction of sp³-hybridized carbons (Fsp3) is 0.500. The monoisotopic (exact) mass is 547 g/mol. The maximum atomic E-state index is 13.4. The Labute approximate surface area is 226 Å². The number of rotatable bonds is 11. The molecule has 9 heteroatoms. The van der Waals surface area contributed by atoms with Crippen LogP contribution in [0.25, 0.3) is 0 Å². The van der Waals surface area contributed by atoms with E-state index >= 15 is 0 Å². The second-order valence-corrected chi connectivity index (χ2v) is 12.4. The SMILES string of the molecule is Cc1ccc(CN(C(=O)CCCN(c2cc(Cl)ccc2C)S(C)(=O)=O)C(C)C(=O)NC2CCCC2)cc1. The van der Waals surface area contributed by atoms with E-state index in [1.54, 1.807) is 30.0 Å². The van der Waals surface area contributed by atoms with Gasteiger partial charge in [0.1, 0.15) is 6.04 Å². The molecule has 1 saturated carbocycles. The molecule has 0 saturated heterocycles. The third kappa shape index (κ3) is 8.20. The number of anilines is 1. The molecule has 0 aliphatic heterocycles. The molecule has 0 spiro atoms. The van der Waals surface area contributed by atoms with E-state index in [2.05, 4.69) is 5.32 Å². The number of hydrogen-bond acceptors (Lipinski definition) is 4. The van der Waals surface area contributed by atoms with Crippen molar-refractivity contribution in [2.75, 3.05) is 17.1 Å². The number of amides is 2. The molecule has 37 heavy (non-hydrogen) atoms. The summed E-state index contributed by atoms with van der Waals surface area (Å²) in [7, 11) is -3.59. The van der Waals surface area contributed by atoms with Crippen molar-refractivity contribution >= 4 is 39.1 Å². The Morgan fingerprint density at radius 3 is 2.35 bits per heavy atom. The van der Waals surface area contributed by atoms with E-state index in [0.29, 0.717) is 23.7 Å². The molecule has 0 radical (unpaired) electrons. The standard InChI is InChI=1S/C28H38ClN3O4S/c1-20-11-14-23(15-12-20)19-31(22(3)28(34)30-25-8-5-6-9-25)27(33)10-7-17-32(37(4,35)36)26-18-24(29)16-13-21(26)2/h11-16,18,22,25H,5-10,17,19H2,1-4H3,(H,30,34). The van der Waals surface area contributed by atoms with Crippen LogP contribution in [0.1, 0.15) is 62.1 Å². The zero-order valence-electron chi connectivity index (χ0n) is 22.2. The number of carbonyl (C=O) groups is 2. The molecule has 1 aliphatic carbocycles. The topological polar surface area (TPSA) is 86.8 Å². The van der Waals surface area contributed by atoms with E-state index in [0.717, 1.165) is 48.6 Å². The number of sulfonamides is 1. The highest BCUT2D eigenvalue weighted by Crippen LogP contribution is 2.27. The van der Waals surface area contributed by atoms with Gasteiger partial charge in [-0.25, -0.2) is 8.42 Å². The minimum absolute atomic E-state index is 0.110. The number of nitrogens with zero attached hydrogens (tertiary/aromatic N) is 2. The minimum Gasteiger partial charge on any atom is -0.352 e. The molecule has 1 atom stereocenters. The van der Waals surface area contributed by atoms with Gasteiger partial charge in [-0.2, -0.15) is 0 Å². The average Bonchev–Trinajstić information content (AvgIpc) is 3.35. The molecule has 1 fully saturated rings. The van der Waals surface area contributed by atoms with Gasteiger partial charge in [0, 0.05) is 30.6 Å². The number of benzene rings is 2. The van der Waals surface area contributed by atoms with Crippen LogP contribution in [0, 0.1) is 13.8 Å². The molecular formula is C28H38ClN3O4S. The van der Waals surface area contributed by atoms with Crippen LogP contribution in [0.5, 0.6) is 0 Å². The lowest BCUT2D eigenvalue weighted by Crippen LogP contribution is -2.49. The van der Waals surface area contributed by atoms with Crippen LogP contribution >= 0.6 is 11.6 Å². The number of aryl methyl sites for hydroxylation is 2. The Hall–Kier alpha value is -2.58. The van der Waals surface area contributed by atoms with Gasteiger partial charge in [0.05, 0.1) is 11.9 Å². The third-order valence-corrected chi connectivity index (χ3v) is 8.35. The van der Waals surface area contributed by atoms with Gasteiger partial charge in [-0.3, -0.25) is 13.9 Å². The molecule has 2 amide bonds. The largest absolute Gasteiger partial charge is 0.352 e. The molecule has 7 nitrogen and oxygen atoms in total. The Morgan fingerprint density at radius 2 is 1.73 bits per heavy atom. The highest BCUT2D eigenvalue weighted by atomic mass is 35.5. The van der Waals surface area contributed by atoms with Gasteiger partial charge in [0.15, 0.2) is 0 Å². The Bertz CT molecular complexity index is 1190. The van der Waals surface area contributed by atoms with Crippen molar-refractivity contribution < 1.29 is 18.0 Å². The number of nitrogens with one attached hydrogen (secondary N) is 1. The lowest BCUT2D eigenvalue weighted by atomic mass is 10.1. The molecule has 202 valence electrons. The summed E-state index contributed by atoms with van der Waals surface area (Å²) in [6.45, 7) is 6.02. The van der Waals surface area contributed by atoms with E-state index < -0.39 is 16.1 Å². The smallest absolute Gasteiger partial charge is 0.242 e. The van der Waals surface area contributed by atoms with Crippen LogP contribution in [-0.4, -0.2) is 50.0 Å². The highest BCUT2D eigenvalue weighted by molar-refractivity contribution is 7.92. The lowest BCUT2D eigenvalue weighted by Gasteiger charge is -2.30. The van der Waals surface area contributed by atoms with E-state index in [9.17, 15) is 18.0 Å². The van der Waals surface area contributed by atoms with E-state index in [-0.39, 0.29) is 30.8 Å². The molecule has 1 aliphatic rings. The zero-order valence-corrected chi connectivity index (χ0v) is 23.7. The summed E-state index contributed by atoms with van der Waals surface area (Å²) in [6, 6.07) is 12.5. The summed E-state index contributed by atoms with van der Waals surface area (Å²) in [5.41, 5.74) is 3.33. The van der Waals surface area contributed by atoms with Gasteiger partial charge in [0.25, 0.3) is 0 Å². The van der Waals surface area contributed by atoms with Crippen LogP contribution in [0.3, 0.4) is 0 Å². The van der Waals surface area contributed by atoms with E-state index in [4.69, 9.17) is 11.6 Å². The normalized spacial score (nSPS) is 14.8. The zero-order chi connectivity index (χ0) is 27.2. The molecule has 0 heterocycles. The molecule has 1 N–H and O–H groups in total. The number of carbonyl (C=O) groups excluding carboxylic acids is 2. The van der Waals surface area contributed by atoms with Crippen LogP contribution < -0.4 is 9.62 Å². The van der Waals surface area contributed by atoms with Gasteiger partial charge in [0.2, 0.25) is 21.8 Å². The van der Waals surface area contributed by atoms with Gasteiger partial charge in [-0.15, -0.1) is 0 Å². The maximum Gasteiger partial charge on any atom is 0.242 e. The third-order valence-electron chi connectivity index (χ3n) is 6.93. The van der Waals surface area contributed by atoms with Crippen LogP contribution in [0.4, 0.5) is 5.69 Å². The average molecular weight is 548 g/mol. The summed E-state index contributed by atoms with van der Waals surface area (Å²) in [5, 5.41) is 3.54. The van der Waals surface area contributed by atoms with Crippen LogP contribution in [-0.2, 0) is 26.2 Å². The van der Waals surface area contributed by atoms with Gasteiger partial charge in [-0.05, 0) is 63.3 Å². The number of hydrogen-bond donors (Lipinski definition) is 1. The highest BCUT2D eigenvalue weighted by Gasteiger charge is 2.29. The van der Waals surface area contributed by atoms with Crippen molar-refractivity contribution in [3.05, 3.63) is 64.2 Å². The fourth-order valence-electron chi connectivity index (χ4n) is 4.70.